The number of nitrogens with zero attached hydrogens (tertiary/aromatic N) is 1. The summed E-state index contributed by atoms with van der Waals surface area (Å²) in [5.41, 5.74) is 6.46. The molecule has 0 amide bonds. The number of nitrogens with two attached hydrogens (primary N) is 1. The molecule has 0 aromatic heterocycles. The van der Waals surface area contributed by atoms with Crippen LogP contribution in [0.3, 0.4) is 0 Å². The van der Waals surface area contributed by atoms with Gasteiger partial charge in [-0.1, -0.05) is 0 Å². The monoisotopic (exact) mass is 294 g/mol. The van der Waals surface area contributed by atoms with Gasteiger partial charge in [0, 0.05) is 0 Å². The molecule has 0 saturated heterocycles. The molecule has 0 aromatic carbocycles. The Kier molecular flexibility index (Phi) is 4.74. The van der Waals surface area contributed by atoms with Gasteiger partial charge in [0.25, 0.3) is 0 Å². The molecule has 0 fully saturated rings. The summed E-state index contributed by atoms with van der Waals surface area (Å²) in [5.74, 6) is 0. The zero-order valence-electron chi connectivity index (χ0n) is 5.59. The molecule has 0 saturated carbocycles. The van der Waals surface area contributed by atoms with Crippen molar-refractivity contribution in [2.24, 2.45) is 10.7 Å². The van der Waals surface area contributed by atoms with E-state index in [4.69, 9.17) is 5.73 Å². The van der Waals surface area contributed by atoms with E-state index >= 15 is 0 Å². The van der Waals surface area contributed by atoms with Crippen molar-refractivity contribution in [3.8, 4) is 0 Å². The van der Waals surface area contributed by atoms with E-state index in [-0.39, 0.29) is 0 Å². The van der Waals surface area contributed by atoms with Gasteiger partial charge in [-0.3, -0.25) is 0 Å². The van der Waals surface area contributed by atoms with Crippen LogP contribution in [-0.2, 0) is 19.4 Å². The van der Waals surface area contributed by atoms with Crippen molar-refractivity contribution in [1.82, 2.24) is 0 Å². The van der Waals surface area contributed by atoms with Gasteiger partial charge in [0.15, 0.2) is 0 Å². The number of hydrogen-bond acceptors (Lipinski definition) is 2. The topological polar surface area (TPSA) is 38.4 Å². The number of aliphatic imine (C=N–C) groups is 1. The molecule has 0 aliphatic heterocycles. The maximum atomic E-state index is 5.32. The van der Waals surface area contributed by atoms with Gasteiger partial charge in [-0.05, 0) is 0 Å². The van der Waals surface area contributed by atoms with Crippen LogP contribution in [0.15, 0.2) is 16.6 Å². The van der Waals surface area contributed by atoms with Crippen molar-refractivity contribution in [2.75, 3.05) is 0 Å². The SMILES string of the molecule is CC=C(C)/C=N\[C](N)=[W]. The molecule has 0 radical (unpaired) electrons. The second kappa shape index (κ2) is 4.77. The molecule has 0 spiro atoms. The summed E-state index contributed by atoms with van der Waals surface area (Å²) in [6, 6.07) is 0. The standard InChI is InChI=1S/C6H10N2.W/c1-3-6(2)4-8-5-7;/h3-4H,7H2,1-2H3;/b6-3?,8-4-;. The van der Waals surface area contributed by atoms with Crippen LogP contribution in [0.2, 0.25) is 0 Å². The third-order valence-electron chi connectivity index (χ3n) is 0.851. The van der Waals surface area contributed by atoms with E-state index in [1.165, 1.54) is 19.4 Å². The van der Waals surface area contributed by atoms with E-state index in [2.05, 4.69) is 4.99 Å². The van der Waals surface area contributed by atoms with Crippen LogP contribution in [0.4, 0.5) is 0 Å². The van der Waals surface area contributed by atoms with E-state index in [1.54, 1.807) is 6.21 Å². The molecule has 3 heteroatoms. The van der Waals surface area contributed by atoms with E-state index in [0.717, 1.165) is 5.57 Å². The molecule has 0 bridgehead atoms. The number of hydrogen-bond donors (Lipinski definition) is 1. The van der Waals surface area contributed by atoms with Crippen LogP contribution in [-0.4, -0.2) is 10.4 Å². The Bertz CT molecular complexity index is 158. The zero-order valence-corrected chi connectivity index (χ0v) is 8.52. The summed E-state index contributed by atoms with van der Waals surface area (Å²) in [7, 11) is 0. The van der Waals surface area contributed by atoms with Crippen LogP contribution in [0.1, 0.15) is 13.8 Å². The molecule has 2 N–H and O–H groups in total. The van der Waals surface area contributed by atoms with Crippen molar-refractivity contribution in [3.05, 3.63) is 11.6 Å². The summed E-state index contributed by atoms with van der Waals surface area (Å²) in [6.45, 7) is 3.96. The second-order valence-corrected chi connectivity index (χ2v) is 3.13. The summed E-state index contributed by atoms with van der Waals surface area (Å²) in [6.07, 6.45) is 3.75. The van der Waals surface area contributed by atoms with E-state index in [9.17, 15) is 0 Å². The minimum absolute atomic E-state index is 0.677. The van der Waals surface area contributed by atoms with Gasteiger partial charge in [-0.2, -0.15) is 0 Å². The average Bonchev–Trinajstić information content (AvgIpc) is 1.83. The Morgan fingerprint density at radius 3 is 2.56 bits per heavy atom. The molecule has 0 rings (SSSR count). The number of allylic oxidation sites excluding steroid dienone is 2. The predicted molar refractivity (Wildman–Crippen MR) is 37.1 cm³/mol. The summed E-state index contributed by atoms with van der Waals surface area (Å²) >= 11 is 1.21. The summed E-state index contributed by atoms with van der Waals surface area (Å²) < 4.78 is 0.677. The molecule has 0 atom stereocenters. The van der Waals surface area contributed by atoms with Crippen molar-refractivity contribution in [2.45, 2.75) is 13.8 Å². The van der Waals surface area contributed by atoms with E-state index in [0.29, 0.717) is 4.15 Å². The fourth-order valence-electron chi connectivity index (χ4n) is 0.240. The van der Waals surface area contributed by atoms with E-state index < -0.39 is 0 Å². The molecular weight excluding hydrogens is 284 g/mol. The zero-order chi connectivity index (χ0) is 7.28. The Morgan fingerprint density at radius 2 is 2.22 bits per heavy atom. The van der Waals surface area contributed by atoms with Crippen molar-refractivity contribution in [3.63, 3.8) is 0 Å². The first-order valence-electron chi connectivity index (χ1n) is 2.63. The molecule has 50 valence electrons. The van der Waals surface area contributed by atoms with Crippen LogP contribution >= 0.6 is 0 Å². The maximum absolute atomic E-state index is 5.32. The van der Waals surface area contributed by atoms with Crippen molar-refractivity contribution < 1.29 is 19.4 Å². The Hall–Kier alpha value is -0.0717. The molecule has 0 aromatic rings. The molecule has 2 nitrogen and oxygen atoms in total. The summed E-state index contributed by atoms with van der Waals surface area (Å²) in [4.78, 5) is 3.93. The van der Waals surface area contributed by atoms with Gasteiger partial charge in [0.2, 0.25) is 0 Å². The van der Waals surface area contributed by atoms with Gasteiger partial charge in [0.1, 0.15) is 0 Å². The van der Waals surface area contributed by atoms with Gasteiger partial charge in [-0.15, -0.1) is 0 Å². The molecule has 0 aliphatic carbocycles. The van der Waals surface area contributed by atoms with Gasteiger partial charge < -0.3 is 0 Å². The summed E-state index contributed by atoms with van der Waals surface area (Å²) in [5, 5.41) is 0. The third kappa shape index (κ3) is 5.80. The Balaban J connectivity index is 3.86. The minimum atomic E-state index is 0.677. The van der Waals surface area contributed by atoms with Crippen molar-refractivity contribution in [1.29, 1.82) is 0 Å². The first-order valence-corrected chi connectivity index (χ1v) is 4.10. The van der Waals surface area contributed by atoms with Crippen LogP contribution in [0.5, 0.6) is 0 Å². The third-order valence-corrected chi connectivity index (χ3v) is 1.23. The second-order valence-electron chi connectivity index (χ2n) is 1.63. The molecule has 9 heavy (non-hydrogen) atoms. The van der Waals surface area contributed by atoms with Gasteiger partial charge in [-0.25, -0.2) is 0 Å². The Morgan fingerprint density at radius 1 is 1.67 bits per heavy atom. The van der Waals surface area contributed by atoms with Crippen molar-refractivity contribution >= 4 is 10.4 Å². The van der Waals surface area contributed by atoms with Crippen LogP contribution in [0, 0.1) is 0 Å². The predicted octanol–water partition coefficient (Wildman–Crippen LogP) is 0.616. The quantitative estimate of drug-likeness (QED) is 0.745. The normalized spacial score (nSPS) is 12.6. The van der Waals surface area contributed by atoms with Crippen LogP contribution in [0.25, 0.3) is 0 Å². The number of rotatable bonds is 2. The molecular formula is C6H10N2W. The fourth-order valence-corrected chi connectivity index (χ4v) is 0.429. The van der Waals surface area contributed by atoms with E-state index in [1.807, 2.05) is 19.9 Å². The average molecular weight is 294 g/mol. The Labute approximate surface area is 66.3 Å². The first kappa shape index (κ1) is 8.93. The molecule has 0 aliphatic rings. The van der Waals surface area contributed by atoms with Crippen LogP contribution < -0.4 is 5.73 Å². The first-order chi connectivity index (χ1) is 4.16. The molecule has 0 unspecified atom stereocenters. The van der Waals surface area contributed by atoms with Gasteiger partial charge in [0.05, 0.1) is 0 Å². The fraction of sp³-hybridized carbons (Fsp3) is 0.333. The molecule has 0 heterocycles. The van der Waals surface area contributed by atoms with Gasteiger partial charge >= 0.3 is 65.9 Å².